The van der Waals surface area contributed by atoms with Crippen molar-refractivity contribution in [3.63, 3.8) is 0 Å². The highest BCUT2D eigenvalue weighted by Crippen LogP contribution is 2.26. The summed E-state index contributed by atoms with van der Waals surface area (Å²) in [4.78, 5) is 16.9. The molecule has 4 heteroatoms. The second-order valence-corrected chi connectivity index (χ2v) is 5.64. The minimum atomic E-state index is -0.0144. The zero-order valence-electron chi connectivity index (χ0n) is 12.5. The van der Waals surface area contributed by atoms with E-state index in [1.807, 2.05) is 41.3 Å². The molecule has 1 unspecified atom stereocenters. The SMILES string of the molecule is CC1CN(C)CCN1C(=O)c1occc1-c1ccccc1. The van der Waals surface area contributed by atoms with Gasteiger partial charge in [0.15, 0.2) is 5.76 Å². The largest absolute Gasteiger partial charge is 0.459 e. The second-order valence-electron chi connectivity index (χ2n) is 5.64. The molecule has 0 saturated carbocycles. The first kappa shape index (κ1) is 13.9. The van der Waals surface area contributed by atoms with Gasteiger partial charge in [-0.15, -0.1) is 0 Å². The third-order valence-corrected chi connectivity index (χ3v) is 4.04. The van der Waals surface area contributed by atoms with E-state index in [9.17, 15) is 4.79 Å². The fourth-order valence-corrected chi connectivity index (χ4v) is 2.89. The Kier molecular flexibility index (Phi) is 3.80. The second kappa shape index (κ2) is 5.74. The summed E-state index contributed by atoms with van der Waals surface area (Å²) in [6.07, 6.45) is 1.59. The predicted molar refractivity (Wildman–Crippen MR) is 82.1 cm³/mol. The Labute approximate surface area is 125 Å². The first-order valence-electron chi connectivity index (χ1n) is 7.29. The van der Waals surface area contributed by atoms with Crippen LogP contribution in [0.15, 0.2) is 47.1 Å². The average Bonchev–Trinajstić information content (AvgIpc) is 2.97. The number of carbonyl (C=O) groups excluding carboxylic acids is 1. The first-order chi connectivity index (χ1) is 10.2. The zero-order chi connectivity index (χ0) is 14.8. The van der Waals surface area contributed by atoms with Gasteiger partial charge in [0.2, 0.25) is 0 Å². The fourth-order valence-electron chi connectivity index (χ4n) is 2.89. The summed E-state index contributed by atoms with van der Waals surface area (Å²) in [5.74, 6) is 0.428. The molecule has 4 nitrogen and oxygen atoms in total. The summed E-state index contributed by atoms with van der Waals surface area (Å²) in [6.45, 7) is 4.62. The van der Waals surface area contributed by atoms with Crippen LogP contribution >= 0.6 is 0 Å². The quantitative estimate of drug-likeness (QED) is 0.851. The van der Waals surface area contributed by atoms with E-state index in [0.717, 1.165) is 30.8 Å². The van der Waals surface area contributed by atoms with E-state index < -0.39 is 0 Å². The summed E-state index contributed by atoms with van der Waals surface area (Å²) >= 11 is 0. The number of piperazine rings is 1. The van der Waals surface area contributed by atoms with Crippen molar-refractivity contribution in [1.82, 2.24) is 9.80 Å². The van der Waals surface area contributed by atoms with Gasteiger partial charge in [-0.3, -0.25) is 4.79 Å². The Morgan fingerprint density at radius 2 is 1.95 bits per heavy atom. The van der Waals surface area contributed by atoms with E-state index in [1.54, 1.807) is 6.26 Å². The van der Waals surface area contributed by atoms with Crippen LogP contribution in [0.2, 0.25) is 0 Å². The molecule has 0 bridgehead atoms. The van der Waals surface area contributed by atoms with Crippen LogP contribution in [0.5, 0.6) is 0 Å². The molecular formula is C17H20N2O2. The number of hydrogen-bond donors (Lipinski definition) is 0. The summed E-state index contributed by atoms with van der Waals surface area (Å²) in [5.41, 5.74) is 1.88. The molecule has 1 atom stereocenters. The van der Waals surface area contributed by atoms with E-state index in [1.165, 1.54) is 0 Å². The number of nitrogens with zero attached hydrogens (tertiary/aromatic N) is 2. The van der Waals surface area contributed by atoms with Crippen molar-refractivity contribution in [2.24, 2.45) is 0 Å². The van der Waals surface area contributed by atoms with Crippen molar-refractivity contribution in [3.8, 4) is 11.1 Å². The molecule has 0 spiro atoms. The van der Waals surface area contributed by atoms with Gasteiger partial charge in [-0.05, 0) is 25.6 Å². The van der Waals surface area contributed by atoms with Gasteiger partial charge in [-0.25, -0.2) is 0 Å². The van der Waals surface area contributed by atoms with Gasteiger partial charge in [0.25, 0.3) is 5.91 Å². The van der Waals surface area contributed by atoms with Crippen molar-refractivity contribution in [2.75, 3.05) is 26.7 Å². The molecule has 1 fully saturated rings. The van der Waals surface area contributed by atoms with Gasteiger partial charge < -0.3 is 14.2 Å². The lowest BCUT2D eigenvalue weighted by Gasteiger charge is -2.37. The van der Waals surface area contributed by atoms with E-state index in [2.05, 4.69) is 18.9 Å². The molecule has 3 rings (SSSR count). The van der Waals surface area contributed by atoms with Crippen molar-refractivity contribution >= 4 is 5.91 Å². The van der Waals surface area contributed by atoms with Crippen LogP contribution in [-0.2, 0) is 0 Å². The van der Waals surface area contributed by atoms with Crippen LogP contribution in [-0.4, -0.2) is 48.4 Å². The minimum Gasteiger partial charge on any atom is -0.459 e. The first-order valence-corrected chi connectivity index (χ1v) is 7.29. The number of benzene rings is 1. The Morgan fingerprint density at radius 3 is 2.67 bits per heavy atom. The Balaban J connectivity index is 1.88. The maximum Gasteiger partial charge on any atom is 0.290 e. The Hall–Kier alpha value is -2.07. The summed E-state index contributed by atoms with van der Waals surface area (Å²) in [7, 11) is 2.08. The Morgan fingerprint density at radius 1 is 1.19 bits per heavy atom. The summed E-state index contributed by atoms with van der Waals surface area (Å²) in [5, 5.41) is 0. The van der Waals surface area contributed by atoms with Crippen molar-refractivity contribution in [1.29, 1.82) is 0 Å². The van der Waals surface area contributed by atoms with Gasteiger partial charge >= 0.3 is 0 Å². The van der Waals surface area contributed by atoms with Gasteiger partial charge in [0.1, 0.15) is 0 Å². The molecule has 1 amide bonds. The van der Waals surface area contributed by atoms with E-state index in [-0.39, 0.29) is 11.9 Å². The summed E-state index contributed by atoms with van der Waals surface area (Å²) in [6, 6.07) is 12.0. The molecular weight excluding hydrogens is 264 g/mol. The van der Waals surface area contributed by atoms with Gasteiger partial charge in [0.05, 0.1) is 6.26 Å². The molecule has 1 aromatic heterocycles. The molecule has 21 heavy (non-hydrogen) atoms. The van der Waals surface area contributed by atoms with Crippen LogP contribution in [0.3, 0.4) is 0 Å². The van der Waals surface area contributed by atoms with Crippen LogP contribution in [0.4, 0.5) is 0 Å². The minimum absolute atomic E-state index is 0.0144. The average molecular weight is 284 g/mol. The maximum absolute atomic E-state index is 12.8. The highest BCUT2D eigenvalue weighted by Gasteiger charge is 2.29. The number of rotatable bonds is 2. The van der Waals surface area contributed by atoms with Gasteiger partial charge in [-0.2, -0.15) is 0 Å². The number of amides is 1. The molecule has 1 aliphatic rings. The molecule has 0 aliphatic carbocycles. The van der Waals surface area contributed by atoms with E-state index >= 15 is 0 Å². The zero-order valence-corrected chi connectivity index (χ0v) is 12.5. The molecule has 110 valence electrons. The predicted octanol–water partition coefficient (Wildman–Crippen LogP) is 2.72. The standard InChI is InChI=1S/C17H20N2O2/c1-13-12-18(2)9-10-19(13)17(20)16-15(8-11-21-16)14-6-4-3-5-7-14/h3-8,11,13H,9-10,12H2,1-2H3. The van der Waals surface area contributed by atoms with Crippen LogP contribution in [0, 0.1) is 0 Å². The lowest BCUT2D eigenvalue weighted by molar-refractivity contribution is 0.0504. The number of furan rings is 1. The van der Waals surface area contributed by atoms with E-state index in [0.29, 0.717) is 5.76 Å². The number of hydrogen-bond acceptors (Lipinski definition) is 3. The summed E-state index contributed by atoms with van der Waals surface area (Å²) < 4.78 is 5.50. The van der Waals surface area contributed by atoms with Crippen LogP contribution in [0.1, 0.15) is 17.5 Å². The number of carbonyl (C=O) groups is 1. The topological polar surface area (TPSA) is 36.7 Å². The monoisotopic (exact) mass is 284 g/mol. The maximum atomic E-state index is 12.8. The fraction of sp³-hybridized carbons (Fsp3) is 0.353. The van der Waals surface area contributed by atoms with Gasteiger partial charge in [0, 0.05) is 31.2 Å². The third-order valence-electron chi connectivity index (χ3n) is 4.04. The van der Waals surface area contributed by atoms with Crippen LogP contribution < -0.4 is 0 Å². The molecule has 1 aliphatic heterocycles. The van der Waals surface area contributed by atoms with Crippen molar-refractivity contribution < 1.29 is 9.21 Å². The highest BCUT2D eigenvalue weighted by atomic mass is 16.3. The Bertz CT molecular complexity index is 621. The smallest absolute Gasteiger partial charge is 0.290 e. The molecule has 0 N–H and O–H groups in total. The normalized spacial score (nSPS) is 19.7. The third kappa shape index (κ3) is 2.72. The molecule has 0 radical (unpaired) electrons. The lowest BCUT2D eigenvalue weighted by atomic mass is 10.1. The molecule has 1 saturated heterocycles. The molecule has 2 aromatic rings. The van der Waals surface area contributed by atoms with Crippen molar-refractivity contribution in [3.05, 3.63) is 48.4 Å². The molecule has 1 aromatic carbocycles. The van der Waals surface area contributed by atoms with Gasteiger partial charge in [-0.1, -0.05) is 30.3 Å². The van der Waals surface area contributed by atoms with Crippen LogP contribution in [0.25, 0.3) is 11.1 Å². The number of likely N-dealkylation sites (N-methyl/N-ethyl adjacent to an activating group) is 1. The highest BCUT2D eigenvalue weighted by molar-refractivity contribution is 5.98. The molecule has 2 heterocycles. The lowest BCUT2D eigenvalue weighted by Crippen LogP contribution is -2.52. The van der Waals surface area contributed by atoms with Crippen molar-refractivity contribution in [2.45, 2.75) is 13.0 Å². The van der Waals surface area contributed by atoms with E-state index in [4.69, 9.17) is 4.42 Å².